The highest BCUT2D eigenvalue weighted by atomic mass is 16.2. The van der Waals surface area contributed by atoms with Gasteiger partial charge in [0.1, 0.15) is 6.33 Å². The van der Waals surface area contributed by atoms with Crippen molar-refractivity contribution in [3.63, 3.8) is 0 Å². The van der Waals surface area contributed by atoms with E-state index < -0.39 is 5.41 Å². The average Bonchev–Trinajstić information content (AvgIpc) is 3.62. The number of nitrogens with one attached hydrogen (secondary N) is 2. The largest absolute Gasteiger partial charge is 0.368 e. The van der Waals surface area contributed by atoms with Crippen LogP contribution in [0, 0.1) is 0 Å². The fourth-order valence-electron chi connectivity index (χ4n) is 4.35. The molecular formula is C23H26N10O. The number of aromatic nitrogens is 9. The number of imidazole rings is 1. The number of tetrazole rings is 1. The molecule has 11 heteroatoms. The van der Waals surface area contributed by atoms with E-state index in [1.807, 2.05) is 48.3 Å². The summed E-state index contributed by atoms with van der Waals surface area (Å²) in [5.74, 6) is 1.04. The molecule has 4 aromatic rings. The molecule has 0 atom stereocenters. The van der Waals surface area contributed by atoms with E-state index in [1.165, 1.54) is 6.33 Å². The summed E-state index contributed by atoms with van der Waals surface area (Å²) in [5, 5.41) is 21.8. The van der Waals surface area contributed by atoms with Crippen LogP contribution in [0.2, 0.25) is 0 Å². The second-order valence-corrected chi connectivity index (χ2v) is 8.17. The average molecular weight is 459 g/mol. The molecule has 1 aromatic carbocycles. The Morgan fingerprint density at radius 1 is 1.15 bits per heavy atom. The molecule has 0 saturated heterocycles. The predicted molar refractivity (Wildman–Crippen MR) is 126 cm³/mol. The molecule has 3 aromatic heterocycles. The van der Waals surface area contributed by atoms with Gasteiger partial charge in [0, 0.05) is 30.5 Å². The van der Waals surface area contributed by atoms with Crippen LogP contribution >= 0.6 is 0 Å². The third kappa shape index (κ3) is 3.74. The van der Waals surface area contributed by atoms with Crippen LogP contribution in [-0.2, 0) is 24.9 Å². The van der Waals surface area contributed by atoms with Gasteiger partial charge in [0.15, 0.2) is 0 Å². The number of hydrogen-bond donors (Lipinski definition) is 2. The third-order valence-corrected chi connectivity index (χ3v) is 6.06. The van der Waals surface area contributed by atoms with E-state index in [0.717, 1.165) is 29.7 Å². The van der Waals surface area contributed by atoms with E-state index in [-0.39, 0.29) is 5.69 Å². The van der Waals surface area contributed by atoms with E-state index >= 15 is 0 Å². The maximum Gasteiger partial charge on any atom is 0.335 e. The molecule has 1 aliphatic rings. The van der Waals surface area contributed by atoms with Gasteiger partial charge in [-0.3, -0.25) is 4.57 Å². The second kappa shape index (κ2) is 8.93. The molecular weight excluding hydrogens is 432 g/mol. The number of allylic oxidation sites excluding steroid dienone is 2. The number of nitrogens with zero attached hydrogens (tertiary/aromatic N) is 8. The Bertz CT molecular complexity index is 1380. The molecule has 0 bridgehead atoms. The molecule has 0 amide bonds. The summed E-state index contributed by atoms with van der Waals surface area (Å²) in [6.45, 7) is 5.14. The van der Waals surface area contributed by atoms with E-state index in [4.69, 9.17) is 0 Å². The molecule has 5 rings (SSSR count). The lowest BCUT2D eigenvalue weighted by molar-refractivity contribution is 0.496. The Morgan fingerprint density at radius 2 is 2.00 bits per heavy atom. The fraction of sp³-hybridized carbons (Fsp3) is 0.304. The van der Waals surface area contributed by atoms with Crippen LogP contribution < -0.4 is 11.0 Å². The van der Waals surface area contributed by atoms with Gasteiger partial charge in [0.05, 0.1) is 5.41 Å². The molecule has 174 valence electrons. The summed E-state index contributed by atoms with van der Waals surface area (Å²) in [5.41, 5.74) is 2.12. The van der Waals surface area contributed by atoms with Gasteiger partial charge in [-0.2, -0.15) is 15.3 Å². The quantitative estimate of drug-likeness (QED) is 0.413. The van der Waals surface area contributed by atoms with Crippen molar-refractivity contribution in [2.75, 3.05) is 0 Å². The molecule has 0 radical (unpaired) electrons. The Kier molecular flexibility index (Phi) is 5.66. The molecule has 11 nitrogen and oxygen atoms in total. The summed E-state index contributed by atoms with van der Waals surface area (Å²) in [4.78, 5) is 18.0. The number of benzene rings is 1. The smallest absolute Gasteiger partial charge is 0.335 e. The molecule has 1 aliphatic heterocycles. The number of rotatable bonds is 8. The van der Waals surface area contributed by atoms with Crippen LogP contribution in [0.5, 0.6) is 0 Å². The van der Waals surface area contributed by atoms with Gasteiger partial charge in [-0.05, 0) is 42.6 Å². The van der Waals surface area contributed by atoms with Crippen LogP contribution in [0.15, 0.2) is 66.1 Å². The molecule has 0 spiro atoms. The highest BCUT2D eigenvalue weighted by molar-refractivity contribution is 5.57. The first-order chi connectivity index (χ1) is 16.6. The van der Waals surface area contributed by atoms with E-state index in [9.17, 15) is 4.79 Å². The summed E-state index contributed by atoms with van der Waals surface area (Å²) >= 11 is 0. The van der Waals surface area contributed by atoms with E-state index in [1.54, 1.807) is 9.25 Å². The summed E-state index contributed by atoms with van der Waals surface area (Å²) in [7, 11) is 0. The van der Waals surface area contributed by atoms with Crippen molar-refractivity contribution in [2.24, 2.45) is 0 Å². The van der Waals surface area contributed by atoms with Crippen LogP contribution in [0.4, 0.5) is 0 Å². The Labute approximate surface area is 195 Å². The van der Waals surface area contributed by atoms with Crippen LogP contribution in [0.1, 0.15) is 31.5 Å². The minimum Gasteiger partial charge on any atom is -0.368 e. The molecule has 4 heterocycles. The van der Waals surface area contributed by atoms with Crippen molar-refractivity contribution >= 4 is 0 Å². The summed E-state index contributed by atoms with van der Waals surface area (Å²) < 4.78 is 5.16. The number of dihydropyridines is 1. The number of H-pyrrole nitrogens is 1. The van der Waals surface area contributed by atoms with Crippen molar-refractivity contribution in [3.8, 4) is 17.3 Å². The molecule has 2 N–H and O–H groups in total. The monoisotopic (exact) mass is 458 g/mol. The van der Waals surface area contributed by atoms with Gasteiger partial charge in [-0.25, -0.2) is 14.0 Å². The number of aromatic amines is 1. The zero-order valence-electron chi connectivity index (χ0n) is 19.1. The minimum atomic E-state index is -0.554. The second-order valence-electron chi connectivity index (χ2n) is 8.17. The van der Waals surface area contributed by atoms with Crippen LogP contribution in [-0.4, -0.2) is 44.5 Å². The van der Waals surface area contributed by atoms with E-state index in [0.29, 0.717) is 24.9 Å². The third-order valence-electron chi connectivity index (χ3n) is 6.06. The number of aryl methyl sites for hydroxylation is 2. The lowest BCUT2D eigenvalue weighted by atomic mass is 9.78. The molecule has 0 fully saturated rings. The van der Waals surface area contributed by atoms with Gasteiger partial charge < -0.3 is 5.32 Å². The lowest BCUT2D eigenvalue weighted by Crippen LogP contribution is -2.36. The summed E-state index contributed by atoms with van der Waals surface area (Å²) in [6, 6.07) is 8.01. The van der Waals surface area contributed by atoms with Crippen molar-refractivity contribution in [1.29, 1.82) is 0 Å². The Balaban J connectivity index is 1.62. The first-order valence-corrected chi connectivity index (χ1v) is 11.3. The van der Waals surface area contributed by atoms with Crippen molar-refractivity contribution < 1.29 is 0 Å². The zero-order chi connectivity index (χ0) is 23.5. The van der Waals surface area contributed by atoms with Crippen molar-refractivity contribution in [1.82, 2.24) is 49.8 Å². The normalized spacial score (nSPS) is 14.4. The van der Waals surface area contributed by atoms with E-state index in [2.05, 4.69) is 61.2 Å². The van der Waals surface area contributed by atoms with Crippen molar-refractivity contribution in [2.45, 2.75) is 45.2 Å². The zero-order valence-corrected chi connectivity index (χ0v) is 19.1. The van der Waals surface area contributed by atoms with Gasteiger partial charge in [-0.15, -0.1) is 10.2 Å². The first kappa shape index (κ1) is 21.6. The van der Waals surface area contributed by atoms with Crippen molar-refractivity contribution in [3.05, 3.63) is 83.1 Å². The molecule has 0 unspecified atom stereocenters. The standard InChI is InChI=1S/C23H26N10O/c1-3-6-19-14-31(21-25-16-26-33(21)4-2)22(34)32(19)15-23(9-11-24-12-10-23)18-8-5-7-17(13-18)20-27-29-30-28-20/h5,7-14,16,24H,3-4,6,15H2,1-2H3,(H,27,28,29,30). The highest BCUT2D eigenvalue weighted by Gasteiger charge is 2.31. The highest BCUT2D eigenvalue weighted by Crippen LogP contribution is 2.33. The lowest BCUT2D eigenvalue weighted by Gasteiger charge is -2.31. The van der Waals surface area contributed by atoms with Crippen LogP contribution in [0.3, 0.4) is 0 Å². The minimum absolute atomic E-state index is 0.139. The molecule has 0 aliphatic carbocycles. The topological polar surface area (TPSA) is 124 Å². The van der Waals surface area contributed by atoms with Crippen LogP contribution in [0.25, 0.3) is 17.3 Å². The van der Waals surface area contributed by atoms with Gasteiger partial charge in [0.25, 0.3) is 0 Å². The SMILES string of the molecule is CCCc1cn(-c2ncnn2CC)c(=O)n1CC1(c2cccc(-c3nn[nH]n3)c2)C=CNC=C1. The first-order valence-electron chi connectivity index (χ1n) is 11.3. The molecule has 34 heavy (non-hydrogen) atoms. The summed E-state index contributed by atoms with van der Waals surface area (Å²) in [6.07, 6.45) is 13.0. The van der Waals surface area contributed by atoms with Gasteiger partial charge >= 0.3 is 5.69 Å². The van der Waals surface area contributed by atoms with Gasteiger partial charge in [0.2, 0.25) is 11.8 Å². The Hall–Kier alpha value is -4.28. The predicted octanol–water partition coefficient (Wildman–Crippen LogP) is 1.95. The van der Waals surface area contributed by atoms with Gasteiger partial charge in [-0.1, -0.05) is 43.7 Å². The maximum absolute atomic E-state index is 13.7. The Morgan fingerprint density at radius 3 is 2.74 bits per heavy atom. The maximum atomic E-state index is 13.7. The number of hydrogen-bond acceptors (Lipinski definition) is 7. The molecule has 0 saturated carbocycles. The fourth-order valence-corrected chi connectivity index (χ4v) is 4.35.